The van der Waals surface area contributed by atoms with Crippen LogP contribution in [-0.4, -0.2) is 34.8 Å². The molecule has 7 nitrogen and oxygen atoms in total. The summed E-state index contributed by atoms with van der Waals surface area (Å²) in [6, 6.07) is 1.27. The quantitative estimate of drug-likeness (QED) is 0.718. The predicted octanol–water partition coefficient (Wildman–Crippen LogP) is 1.89. The Hall–Kier alpha value is -2.61. The average molecular weight is 361 g/mol. The van der Waals surface area contributed by atoms with Crippen molar-refractivity contribution in [3.05, 3.63) is 33.9 Å². The van der Waals surface area contributed by atoms with Crippen LogP contribution in [0.15, 0.2) is 17.1 Å². The first kappa shape index (κ1) is 16.8. The van der Waals surface area contributed by atoms with Crippen LogP contribution in [0.2, 0.25) is 0 Å². The lowest BCUT2D eigenvalue weighted by molar-refractivity contribution is 0.0695. The maximum Gasteiger partial charge on any atom is 0.341 e. The number of hydrogen-bond donors (Lipinski definition) is 3. The first-order valence-electron chi connectivity index (χ1n) is 8.75. The number of benzene rings is 1. The number of halogens is 1. The second-order valence-electron chi connectivity index (χ2n) is 6.88. The minimum absolute atomic E-state index is 0.0128. The fourth-order valence-corrected chi connectivity index (χ4v) is 3.49. The van der Waals surface area contributed by atoms with Crippen molar-refractivity contribution in [3.63, 3.8) is 0 Å². The molecule has 1 aliphatic heterocycles. The van der Waals surface area contributed by atoms with E-state index in [1.807, 2.05) is 0 Å². The Bertz CT molecular complexity index is 946. The van der Waals surface area contributed by atoms with Gasteiger partial charge >= 0.3 is 5.97 Å². The highest BCUT2D eigenvalue weighted by Gasteiger charge is 2.30. The van der Waals surface area contributed by atoms with E-state index >= 15 is 4.39 Å². The molecule has 1 saturated heterocycles. The van der Waals surface area contributed by atoms with Crippen LogP contribution in [0.5, 0.6) is 5.75 Å². The van der Waals surface area contributed by atoms with Crippen LogP contribution in [0.4, 0.5) is 10.1 Å². The van der Waals surface area contributed by atoms with Crippen LogP contribution in [0.1, 0.15) is 42.1 Å². The van der Waals surface area contributed by atoms with Crippen molar-refractivity contribution in [2.24, 2.45) is 0 Å². The molecule has 0 spiro atoms. The van der Waals surface area contributed by atoms with Gasteiger partial charge in [0.05, 0.1) is 10.9 Å². The molecule has 0 unspecified atom stereocenters. The molecule has 1 saturated carbocycles. The van der Waals surface area contributed by atoms with E-state index in [2.05, 4.69) is 5.32 Å². The Morgan fingerprint density at radius 1 is 1.31 bits per heavy atom. The number of nitrogen functional groups attached to an aromatic ring is 1. The van der Waals surface area contributed by atoms with Gasteiger partial charge in [-0.25, -0.2) is 9.18 Å². The number of nitrogens with zero attached hydrogens (tertiary/aromatic N) is 1. The third-order valence-corrected chi connectivity index (χ3v) is 4.98. The summed E-state index contributed by atoms with van der Waals surface area (Å²) in [4.78, 5) is 24.0. The van der Waals surface area contributed by atoms with Crippen LogP contribution in [0, 0.1) is 5.82 Å². The highest BCUT2D eigenvalue weighted by atomic mass is 19.1. The van der Waals surface area contributed by atoms with Crippen molar-refractivity contribution in [2.45, 2.75) is 37.8 Å². The largest absolute Gasteiger partial charge is 0.487 e. The fraction of sp³-hybridized carbons (Fsp3) is 0.444. The number of rotatable bonds is 4. The van der Waals surface area contributed by atoms with Crippen molar-refractivity contribution in [2.75, 3.05) is 18.8 Å². The third-order valence-electron chi connectivity index (χ3n) is 4.98. The lowest BCUT2D eigenvalue weighted by Crippen LogP contribution is -2.34. The number of fused-ring (bicyclic) bond motifs is 1. The number of carboxylic acid groups (broad SMARTS) is 1. The Kier molecular flexibility index (Phi) is 4.07. The van der Waals surface area contributed by atoms with Crippen LogP contribution < -0.4 is 21.2 Å². The number of hydrogen-bond acceptors (Lipinski definition) is 5. The fourth-order valence-electron chi connectivity index (χ4n) is 3.49. The minimum Gasteiger partial charge on any atom is -0.487 e. The van der Waals surface area contributed by atoms with Crippen molar-refractivity contribution in [1.29, 1.82) is 0 Å². The van der Waals surface area contributed by atoms with E-state index in [0.29, 0.717) is 0 Å². The molecule has 8 heteroatoms. The van der Waals surface area contributed by atoms with Crippen LogP contribution in [0.25, 0.3) is 10.9 Å². The minimum atomic E-state index is -1.35. The number of ether oxygens (including phenoxy) is 1. The Morgan fingerprint density at radius 3 is 2.62 bits per heavy atom. The molecule has 2 fully saturated rings. The van der Waals surface area contributed by atoms with E-state index in [1.165, 1.54) is 16.8 Å². The Labute approximate surface area is 148 Å². The Balaban J connectivity index is 1.91. The van der Waals surface area contributed by atoms with E-state index in [1.54, 1.807) is 0 Å². The smallest absolute Gasteiger partial charge is 0.341 e. The molecule has 0 bridgehead atoms. The SMILES string of the molecule is Nc1cc(OC2CCNCC2)c(F)c2c1c(=O)c(C(=O)O)cn2C1CC1. The van der Waals surface area contributed by atoms with Crippen molar-refractivity contribution in [1.82, 2.24) is 9.88 Å². The summed E-state index contributed by atoms with van der Waals surface area (Å²) in [5.41, 5.74) is 4.92. The topological polar surface area (TPSA) is 107 Å². The van der Waals surface area contributed by atoms with E-state index in [4.69, 9.17) is 10.5 Å². The molecule has 4 rings (SSSR count). The first-order chi connectivity index (χ1) is 12.5. The molecular formula is C18H20FN3O4. The summed E-state index contributed by atoms with van der Waals surface area (Å²) in [6.07, 6.45) is 4.21. The molecule has 1 aromatic carbocycles. The lowest BCUT2D eigenvalue weighted by Gasteiger charge is -2.25. The van der Waals surface area contributed by atoms with Gasteiger partial charge in [-0.15, -0.1) is 0 Å². The van der Waals surface area contributed by atoms with Crippen molar-refractivity contribution in [3.8, 4) is 5.75 Å². The number of aromatic carboxylic acids is 1. The molecule has 0 radical (unpaired) electrons. The number of carbonyl (C=O) groups is 1. The zero-order chi connectivity index (χ0) is 18.4. The second-order valence-corrected chi connectivity index (χ2v) is 6.88. The summed E-state index contributed by atoms with van der Waals surface area (Å²) >= 11 is 0. The predicted molar refractivity (Wildman–Crippen MR) is 94.3 cm³/mol. The zero-order valence-electron chi connectivity index (χ0n) is 14.1. The summed E-state index contributed by atoms with van der Waals surface area (Å²) < 4.78 is 22.6. The monoisotopic (exact) mass is 361 g/mol. The number of anilines is 1. The molecule has 138 valence electrons. The maximum atomic E-state index is 15.3. The van der Waals surface area contributed by atoms with Gasteiger partial charge in [-0.1, -0.05) is 0 Å². The zero-order valence-corrected chi connectivity index (χ0v) is 14.1. The van der Waals surface area contributed by atoms with Gasteiger partial charge in [0.25, 0.3) is 0 Å². The molecule has 1 aromatic heterocycles. The standard InChI is InChI=1S/C18H20FN3O4/c19-15-13(26-10-3-5-21-6-4-10)7-12(20)14-16(15)22(9-1-2-9)8-11(17(14)23)18(24)25/h7-10,21H,1-6,20H2,(H,24,25). The number of piperidine rings is 1. The molecule has 1 aliphatic carbocycles. The second kappa shape index (κ2) is 6.28. The molecule has 2 aliphatic rings. The number of nitrogens with one attached hydrogen (secondary N) is 1. The van der Waals surface area contributed by atoms with E-state index in [0.717, 1.165) is 38.8 Å². The molecule has 2 aromatic rings. The highest BCUT2D eigenvalue weighted by Crippen LogP contribution is 2.40. The van der Waals surface area contributed by atoms with Gasteiger partial charge < -0.3 is 25.5 Å². The van der Waals surface area contributed by atoms with Crippen molar-refractivity contribution >= 4 is 22.6 Å². The summed E-state index contributed by atoms with van der Waals surface area (Å²) in [7, 11) is 0. The molecular weight excluding hydrogens is 341 g/mol. The third kappa shape index (κ3) is 2.80. The molecule has 2 heterocycles. The van der Waals surface area contributed by atoms with E-state index in [-0.39, 0.29) is 34.5 Å². The molecule has 4 N–H and O–H groups in total. The van der Waals surface area contributed by atoms with E-state index in [9.17, 15) is 14.7 Å². The van der Waals surface area contributed by atoms with Gasteiger partial charge in [0.15, 0.2) is 11.6 Å². The summed E-state index contributed by atoms with van der Waals surface area (Å²) in [6.45, 7) is 1.59. The normalized spacial score (nSPS) is 18.2. The van der Waals surface area contributed by atoms with Crippen LogP contribution in [0.3, 0.4) is 0 Å². The Morgan fingerprint density at radius 2 is 2.00 bits per heavy atom. The van der Waals surface area contributed by atoms with Gasteiger partial charge in [0.2, 0.25) is 5.43 Å². The lowest BCUT2D eigenvalue weighted by atomic mass is 10.1. The maximum absolute atomic E-state index is 15.3. The number of carboxylic acids is 1. The van der Waals surface area contributed by atoms with Gasteiger partial charge in [-0.05, 0) is 38.8 Å². The van der Waals surface area contributed by atoms with E-state index < -0.39 is 22.8 Å². The van der Waals surface area contributed by atoms with Gasteiger partial charge in [-0.3, -0.25) is 4.79 Å². The van der Waals surface area contributed by atoms with Gasteiger partial charge in [0, 0.05) is 24.0 Å². The average Bonchev–Trinajstić information content (AvgIpc) is 3.44. The molecule has 0 atom stereocenters. The molecule has 26 heavy (non-hydrogen) atoms. The summed E-state index contributed by atoms with van der Waals surface area (Å²) in [5, 5.41) is 12.4. The number of aromatic nitrogens is 1. The van der Waals surface area contributed by atoms with Crippen LogP contribution >= 0.6 is 0 Å². The number of pyridine rings is 1. The number of nitrogens with two attached hydrogens (primary N) is 1. The first-order valence-corrected chi connectivity index (χ1v) is 8.75. The van der Waals surface area contributed by atoms with Crippen molar-refractivity contribution < 1.29 is 19.0 Å². The highest BCUT2D eigenvalue weighted by molar-refractivity contribution is 5.98. The van der Waals surface area contributed by atoms with Gasteiger partial charge in [0.1, 0.15) is 11.7 Å². The van der Waals surface area contributed by atoms with Crippen LogP contribution in [-0.2, 0) is 0 Å². The summed E-state index contributed by atoms with van der Waals surface area (Å²) in [5.74, 6) is -1.99. The molecule has 0 amide bonds. The van der Waals surface area contributed by atoms with Gasteiger partial charge in [-0.2, -0.15) is 0 Å².